The number of hydrogen-bond acceptors (Lipinski definition) is 0. The summed E-state index contributed by atoms with van der Waals surface area (Å²) in [6, 6.07) is 22.1. The SMILES string of the molecule is [C-]#[O+].[CH]1[CH][C](CCCCP(c2ccccc2)c2ccccc2)[C]2C=CC=C[C]12.[Rh]. The smallest absolute Gasteiger partial charge is 0.0158 e. The zero-order chi connectivity index (χ0) is 19.6. The Morgan fingerprint density at radius 3 is 1.93 bits per heavy atom. The van der Waals surface area contributed by atoms with Crippen LogP contribution in [0.5, 0.6) is 0 Å². The maximum atomic E-state index is 7.50. The Bertz CT molecular complexity index is 745. The molecule has 0 N–H and O–H groups in total. The molecule has 4 rings (SSSR count). The first-order valence-electron chi connectivity index (χ1n) is 9.63. The van der Waals surface area contributed by atoms with Crippen molar-refractivity contribution in [2.24, 2.45) is 0 Å². The van der Waals surface area contributed by atoms with Crippen LogP contribution in [0.2, 0.25) is 0 Å². The summed E-state index contributed by atoms with van der Waals surface area (Å²) in [6.45, 7) is 4.50. The van der Waals surface area contributed by atoms with E-state index in [2.05, 4.69) is 104 Å². The minimum Gasteiger partial charge on any atom is -0.0762 e. The average molecular weight is 486 g/mol. The van der Waals surface area contributed by atoms with Gasteiger partial charge in [-0.2, -0.15) is 0 Å². The number of benzene rings is 2. The van der Waals surface area contributed by atoms with Crippen LogP contribution < -0.4 is 10.6 Å². The first-order valence-corrected chi connectivity index (χ1v) is 11.2. The van der Waals surface area contributed by atoms with Gasteiger partial charge in [-0.3, -0.25) is 0 Å². The van der Waals surface area contributed by atoms with Crippen molar-refractivity contribution >= 4 is 18.5 Å². The molecule has 0 unspecified atom stereocenters. The van der Waals surface area contributed by atoms with Crippen LogP contribution in [0.3, 0.4) is 0 Å². The van der Waals surface area contributed by atoms with E-state index >= 15 is 0 Å². The van der Waals surface area contributed by atoms with Gasteiger partial charge in [0.2, 0.25) is 0 Å². The van der Waals surface area contributed by atoms with Crippen LogP contribution in [0, 0.1) is 37.2 Å². The second kappa shape index (κ2) is 13.1. The molecule has 0 saturated heterocycles. The molecule has 2 aliphatic rings. The maximum absolute atomic E-state index is 7.50. The van der Waals surface area contributed by atoms with Crippen molar-refractivity contribution in [1.82, 2.24) is 0 Å². The summed E-state index contributed by atoms with van der Waals surface area (Å²) < 4.78 is 7.50. The van der Waals surface area contributed by atoms with Gasteiger partial charge >= 0.3 is 11.3 Å². The second-order valence-electron chi connectivity index (χ2n) is 6.73. The third-order valence-electron chi connectivity index (χ3n) is 4.98. The number of fused-ring (bicyclic) bond motifs is 1. The van der Waals surface area contributed by atoms with Gasteiger partial charge < -0.3 is 0 Å². The molecule has 1 nitrogen and oxygen atoms in total. The van der Waals surface area contributed by atoms with Crippen LogP contribution in [-0.4, -0.2) is 6.16 Å². The summed E-state index contributed by atoms with van der Waals surface area (Å²) in [5.74, 6) is 4.31. The molecule has 6 radical (unpaired) electrons. The summed E-state index contributed by atoms with van der Waals surface area (Å²) in [6.07, 6.45) is 18.3. The van der Waals surface area contributed by atoms with E-state index in [0.29, 0.717) is 0 Å². The molecule has 0 bridgehead atoms. The fraction of sp³-hybridized carbons (Fsp3) is 0.154. The molecule has 1 fully saturated rings. The number of rotatable bonds is 7. The monoisotopic (exact) mass is 486 g/mol. The Morgan fingerprint density at radius 2 is 1.31 bits per heavy atom. The van der Waals surface area contributed by atoms with Crippen molar-refractivity contribution in [2.45, 2.75) is 19.3 Å². The van der Waals surface area contributed by atoms with Crippen molar-refractivity contribution in [2.75, 3.05) is 6.16 Å². The van der Waals surface area contributed by atoms with E-state index in [1.165, 1.54) is 53.8 Å². The van der Waals surface area contributed by atoms with E-state index in [9.17, 15) is 0 Å². The quantitative estimate of drug-likeness (QED) is 0.162. The largest absolute Gasteiger partial charge is 0.0762 e. The van der Waals surface area contributed by atoms with Crippen LogP contribution in [0.15, 0.2) is 85.0 Å². The fourth-order valence-corrected chi connectivity index (χ4v) is 6.06. The van der Waals surface area contributed by atoms with Crippen molar-refractivity contribution in [3.8, 4) is 0 Å². The van der Waals surface area contributed by atoms with Gasteiger partial charge in [0.15, 0.2) is 0 Å². The molecule has 0 aromatic heterocycles. The van der Waals surface area contributed by atoms with Crippen LogP contribution in [0.4, 0.5) is 0 Å². The number of allylic oxidation sites excluding steroid dienone is 4. The Labute approximate surface area is 189 Å². The van der Waals surface area contributed by atoms with E-state index in [-0.39, 0.29) is 27.4 Å². The predicted molar refractivity (Wildman–Crippen MR) is 118 cm³/mol. The summed E-state index contributed by atoms with van der Waals surface area (Å²) in [5.41, 5.74) is 0. The minimum absolute atomic E-state index is 0. The first kappa shape index (κ1) is 24.0. The normalized spacial score (nSPS) is 16.1. The third-order valence-corrected chi connectivity index (χ3v) is 7.59. The molecular weight excluding hydrogens is 462 g/mol. The van der Waals surface area contributed by atoms with E-state index in [1.807, 2.05) is 0 Å². The van der Waals surface area contributed by atoms with Crippen molar-refractivity contribution in [1.29, 1.82) is 0 Å². The van der Waals surface area contributed by atoms with Crippen LogP contribution in [0.1, 0.15) is 19.3 Å². The fourth-order valence-electron chi connectivity index (χ4n) is 3.64. The van der Waals surface area contributed by atoms with Gasteiger partial charge in [0.25, 0.3) is 0 Å². The zero-order valence-electron chi connectivity index (χ0n) is 16.3. The predicted octanol–water partition coefficient (Wildman–Crippen LogP) is 5.52. The standard InChI is InChI=1S/C25H24P.CO.Rh/c1-3-13-23(14-4-1)26(24-15-5-2-6-16-24)20-10-9-12-22-19-18-21-11-7-8-17-25(21)22;1-2;/h1-8,11,13-19H,9-10,12,20H2;;. The first-order chi connectivity index (χ1) is 13.9. The maximum Gasteiger partial charge on any atom is 0.0158 e. The summed E-state index contributed by atoms with van der Waals surface area (Å²) in [7, 11) is -0.255. The number of hydrogen-bond donors (Lipinski definition) is 0. The van der Waals surface area contributed by atoms with Gasteiger partial charge in [0, 0.05) is 31.3 Å². The Hall–Kier alpha value is -1.29. The molecule has 3 heteroatoms. The molecule has 148 valence electrons. The van der Waals surface area contributed by atoms with Crippen molar-refractivity contribution in [3.05, 3.63) is 122 Å². The molecule has 2 aromatic carbocycles. The molecule has 0 heterocycles. The Balaban J connectivity index is 0.000000970. The molecule has 1 saturated carbocycles. The summed E-state index contributed by atoms with van der Waals surface area (Å²) in [5, 5.41) is 2.99. The van der Waals surface area contributed by atoms with Gasteiger partial charge in [0.05, 0.1) is 0 Å². The van der Waals surface area contributed by atoms with Gasteiger partial charge in [-0.15, -0.1) is 0 Å². The molecule has 29 heavy (non-hydrogen) atoms. The van der Waals surface area contributed by atoms with E-state index in [1.54, 1.807) is 0 Å². The van der Waals surface area contributed by atoms with Crippen molar-refractivity contribution in [3.63, 3.8) is 0 Å². The molecule has 2 aliphatic carbocycles. The van der Waals surface area contributed by atoms with E-state index < -0.39 is 0 Å². The van der Waals surface area contributed by atoms with E-state index in [4.69, 9.17) is 4.65 Å². The average Bonchev–Trinajstić information content (AvgIpc) is 3.19. The Kier molecular flexibility index (Phi) is 10.8. The molecule has 0 amide bonds. The molecule has 2 aromatic rings. The number of unbranched alkanes of at least 4 members (excludes halogenated alkanes) is 1. The van der Waals surface area contributed by atoms with Gasteiger partial charge in [0.1, 0.15) is 0 Å². The van der Waals surface area contributed by atoms with E-state index in [0.717, 1.165) is 0 Å². The Morgan fingerprint density at radius 1 is 0.724 bits per heavy atom. The molecular formula is C26H24OPRh. The molecule has 0 aliphatic heterocycles. The van der Waals surface area contributed by atoms with Gasteiger partial charge in [-0.05, 0) is 56.3 Å². The molecule has 0 atom stereocenters. The van der Waals surface area contributed by atoms with Crippen molar-refractivity contribution < 1.29 is 24.1 Å². The van der Waals surface area contributed by atoms with Gasteiger partial charge in [-0.1, -0.05) is 91.4 Å². The van der Waals surface area contributed by atoms with Gasteiger partial charge in [-0.25, -0.2) is 0 Å². The summed E-state index contributed by atoms with van der Waals surface area (Å²) >= 11 is 0. The topological polar surface area (TPSA) is 19.9 Å². The minimum atomic E-state index is -0.255. The zero-order valence-corrected chi connectivity index (χ0v) is 18.8. The van der Waals surface area contributed by atoms with Crippen LogP contribution in [0.25, 0.3) is 0 Å². The second-order valence-corrected chi connectivity index (χ2v) is 9.06. The summed E-state index contributed by atoms with van der Waals surface area (Å²) in [4.78, 5) is 0. The van der Waals surface area contributed by atoms with Crippen LogP contribution >= 0.6 is 7.92 Å². The third kappa shape index (κ3) is 6.60. The molecule has 0 spiro atoms. The van der Waals surface area contributed by atoms with Crippen LogP contribution in [-0.2, 0) is 24.1 Å².